The first-order valence-electron chi connectivity index (χ1n) is 10.6. The molecule has 1 amide bonds. The monoisotopic (exact) mass is 432 g/mol. The van der Waals surface area contributed by atoms with Crippen molar-refractivity contribution in [2.45, 2.75) is 13.3 Å². The highest BCUT2D eigenvalue weighted by Crippen LogP contribution is 2.32. The van der Waals surface area contributed by atoms with Crippen LogP contribution in [0.5, 0.6) is 11.5 Å². The van der Waals surface area contributed by atoms with Crippen LogP contribution in [0.25, 0.3) is 0 Å². The second kappa shape index (κ2) is 8.70. The third-order valence-corrected chi connectivity index (χ3v) is 5.54. The van der Waals surface area contributed by atoms with E-state index >= 15 is 0 Å². The molecule has 0 atom stereocenters. The molecule has 0 radical (unpaired) electrons. The first-order valence-corrected chi connectivity index (χ1v) is 10.6. The van der Waals surface area contributed by atoms with Crippen LogP contribution < -0.4 is 19.7 Å². The minimum absolute atomic E-state index is 0.111. The molecule has 0 saturated carbocycles. The number of piperazine rings is 1. The Hall–Kier alpha value is -3.88. The molecule has 2 aliphatic rings. The number of ether oxygens (including phenoxy) is 2. The van der Waals surface area contributed by atoms with Gasteiger partial charge in [-0.05, 0) is 48.9 Å². The van der Waals surface area contributed by atoms with Crippen molar-refractivity contribution in [3.8, 4) is 11.5 Å². The Morgan fingerprint density at radius 3 is 2.59 bits per heavy atom. The Morgan fingerprint density at radius 1 is 0.969 bits per heavy atom. The van der Waals surface area contributed by atoms with Crippen LogP contribution in [-0.4, -0.2) is 59.0 Å². The number of benzene rings is 1. The maximum Gasteiger partial charge on any atom is 0.231 e. The van der Waals surface area contributed by atoms with Crippen molar-refractivity contribution in [2.24, 2.45) is 0 Å². The van der Waals surface area contributed by atoms with Gasteiger partial charge in [0.1, 0.15) is 5.82 Å². The molecule has 2 aromatic heterocycles. The van der Waals surface area contributed by atoms with Crippen LogP contribution in [-0.2, 0) is 11.2 Å². The number of amides is 1. The Kier molecular flexibility index (Phi) is 5.45. The summed E-state index contributed by atoms with van der Waals surface area (Å²) in [6, 6.07) is 15.3. The van der Waals surface area contributed by atoms with E-state index in [1.807, 2.05) is 60.4 Å². The van der Waals surface area contributed by atoms with Gasteiger partial charge in [-0.3, -0.25) is 4.79 Å². The highest BCUT2D eigenvalue weighted by molar-refractivity contribution is 5.79. The van der Waals surface area contributed by atoms with Gasteiger partial charge in [-0.15, -0.1) is 10.2 Å². The maximum atomic E-state index is 12.7. The van der Waals surface area contributed by atoms with Gasteiger partial charge in [0.05, 0.1) is 6.42 Å². The lowest BCUT2D eigenvalue weighted by atomic mass is 10.1. The SMILES string of the molecule is Cc1cccc(Nc2ccc(N3CCN(C(=O)Cc4ccc5c(c4)OCO5)CC3)nn2)n1. The van der Waals surface area contributed by atoms with Crippen LogP contribution in [0, 0.1) is 6.92 Å². The fraction of sp³-hybridized carbons (Fsp3) is 0.304. The summed E-state index contributed by atoms with van der Waals surface area (Å²) in [5.74, 6) is 3.73. The van der Waals surface area contributed by atoms with Gasteiger partial charge in [0.25, 0.3) is 0 Å². The Balaban J connectivity index is 1.14. The van der Waals surface area contributed by atoms with E-state index in [2.05, 4.69) is 25.4 Å². The molecule has 164 valence electrons. The Bertz CT molecular complexity index is 1110. The highest BCUT2D eigenvalue weighted by atomic mass is 16.7. The van der Waals surface area contributed by atoms with Crippen LogP contribution >= 0.6 is 0 Å². The Labute approximate surface area is 186 Å². The van der Waals surface area contributed by atoms with E-state index in [1.165, 1.54) is 0 Å². The summed E-state index contributed by atoms with van der Waals surface area (Å²) >= 11 is 0. The molecule has 0 bridgehead atoms. The van der Waals surface area contributed by atoms with Crippen molar-refractivity contribution in [3.63, 3.8) is 0 Å². The summed E-state index contributed by atoms with van der Waals surface area (Å²) in [6.45, 7) is 4.91. The molecule has 4 heterocycles. The van der Waals surface area contributed by atoms with Crippen molar-refractivity contribution in [1.29, 1.82) is 0 Å². The standard InChI is InChI=1S/C23H24N6O3/c1-16-3-2-4-20(24-16)25-21-7-8-22(27-26-21)28-9-11-29(12-10-28)23(30)14-17-5-6-18-19(13-17)32-15-31-18/h2-8,13H,9-12,14-15H2,1H3,(H,24,25,26). The van der Waals surface area contributed by atoms with Crippen molar-refractivity contribution >= 4 is 23.4 Å². The van der Waals surface area contributed by atoms with Crippen molar-refractivity contribution in [1.82, 2.24) is 20.1 Å². The van der Waals surface area contributed by atoms with E-state index < -0.39 is 0 Å². The second-order valence-corrected chi connectivity index (χ2v) is 7.80. The zero-order valence-electron chi connectivity index (χ0n) is 17.8. The van der Waals surface area contributed by atoms with Gasteiger partial charge < -0.3 is 24.6 Å². The predicted octanol–water partition coefficient (Wildman–Crippen LogP) is 2.54. The zero-order chi connectivity index (χ0) is 21.9. The number of rotatable bonds is 5. The topological polar surface area (TPSA) is 92.7 Å². The number of carbonyl (C=O) groups excluding carboxylic acids is 1. The first kappa shape index (κ1) is 20.0. The molecular weight excluding hydrogens is 408 g/mol. The largest absolute Gasteiger partial charge is 0.454 e. The average molecular weight is 432 g/mol. The number of carbonyl (C=O) groups is 1. The number of nitrogens with zero attached hydrogens (tertiary/aromatic N) is 5. The highest BCUT2D eigenvalue weighted by Gasteiger charge is 2.23. The van der Waals surface area contributed by atoms with E-state index in [0.717, 1.165) is 28.6 Å². The van der Waals surface area contributed by atoms with Gasteiger partial charge in [-0.1, -0.05) is 12.1 Å². The average Bonchev–Trinajstić information content (AvgIpc) is 3.28. The second-order valence-electron chi connectivity index (χ2n) is 7.80. The number of aryl methyl sites for hydroxylation is 1. The summed E-state index contributed by atoms with van der Waals surface area (Å²) in [7, 11) is 0. The third kappa shape index (κ3) is 4.41. The van der Waals surface area contributed by atoms with E-state index in [4.69, 9.17) is 9.47 Å². The van der Waals surface area contributed by atoms with Crippen LogP contribution in [0.15, 0.2) is 48.5 Å². The van der Waals surface area contributed by atoms with Crippen molar-refractivity contribution in [2.75, 3.05) is 43.2 Å². The molecule has 2 aliphatic heterocycles. The van der Waals surface area contributed by atoms with Gasteiger partial charge in [-0.25, -0.2) is 4.98 Å². The maximum absolute atomic E-state index is 12.7. The molecule has 32 heavy (non-hydrogen) atoms. The molecule has 9 heteroatoms. The number of nitrogens with one attached hydrogen (secondary N) is 1. The van der Waals surface area contributed by atoms with Crippen molar-refractivity contribution in [3.05, 3.63) is 59.8 Å². The normalized spacial score (nSPS) is 15.0. The molecule has 1 N–H and O–H groups in total. The number of hydrogen-bond acceptors (Lipinski definition) is 8. The molecule has 5 rings (SSSR count). The van der Waals surface area contributed by atoms with Gasteiger partial charge in [0, 0.05) is 31.9 Å². The molecule has 1 fully saturated rings. The fourth-order valence-electron chi connectivity index (χ4n) is 3.83. The summed E-state index contributed by atoms with van der Waals surface area (Å²) in [4.78, 5) is 21.2. The predicted molar refractivity (Wildman–Crippen MR) is 119 cm³/mol. The smallest absolute Gasteiger partial charge is 0.231 e. The molecule has 0 unspecified atom stereocenters. The number of fused-ring (bicyclic) bond motifs is 1. The van der Waals surface area contributed by atoms with Gasteiger partial charge in [0.15, 0.2) is 23.1 Å². The van der Waals surface area contributed by atoms with Crippen LogP contribution in [0.2, 0.25) is 0 Å². The van der Waals surface area contributed by atoms with Crippen LogP contribution in [0.4, 0.5) is 17.5 Å². The van der Waals surface area contributed by atoms with Crippen LogP contribution in [0.1, 0.15) is 11.3 Å². The molecule has 9 nitrogen and oxygen atoms in total. The molecule has 3 aromatic rings. The summed E-state index contributed by atoms with van der Waals surface area (Å²) in [5.41, 5.74) is 1.87. The quantitative estimate of drug-likeness (QED) is 0.658. The van der Waals surface area contributed by atoms with Crippen LogP contribution in [0.3, 0.4) is 0 Å². The Morgan fingerprint density at radius 2 is 1.81 bits per heavy atom. The lowest BCUT2D eigenvalue weighted by molar-refractivity contribution is -0.130. The lowest BCUT2D eigenvalue weighted by Crippen LogP contribution is -2.49. The molecule has 0 aliphatic carbocycles. The zero-order valence-corrected chi connectivity index (χ0v) is 17.8. The van der Waals surface area contributed by atoms with E-state index in [0.29, 0.717) is 44.2 Å². The minimum Gasteiger partial charge on any atom is -0.454 e. The van der Waals surface area contributed by atoms with E-state index in [-0.39, 0.29) is 12.7 Å². The molecule has 1 aromatic carbocycles. The number of hydrogen-bond donors (Lipinski definition) is 1. The molecule has 0 spiro atoms. The summed E-state index contributed by atoms with van der Waals surface area (Å²) in [5, 5.41) is 11.8. The molecule has 1 saturated heterocycles. The van der Waals surface area contributed by atoms with Gasteiger partial charge in [0.2, 0.25) is 12.7 Å². The first-order chi connectivity index (χ1) is 15.6. The molecular formula is C23H24N6O3. The minimum atomic E-state index is 0.111. The van der Waals surface area contributed by atoms with Crippen molar-refractivity contribution < 1.29 is 14.3 Å². The third-order valence-electron chi connectivity index (χ3n) is 5.54. The summed E-state index contributed by atoms with van der Waals surface area (Å²) < 4.78 is 10.7. The number of aromatic nitrogens is 3. The summed E-state index contributed by atoms with van der Waals surface area (Å²) in [6.07, 6.45) is 0.351. The van der Waals surface area contributed by atoms with E-state index in [9.17, 15) is 4.79 Å². The number of pyridine rings is 1. The number of anilines is 3. The lowest BCUT2D eigenvalue weighted by Gasteiger charge is -2.35. The van der Waals surface area contributed by atoms with Gasteiger partial charge in [-0.2, -0.15) is 0 Å². The fourth-order valence-corrected chi connectivity index (χ4v) is 3.83. The van der Waals surface area contributed by atoms with E-state index in [1.54, 1.807) is 0 Å². The van der Waals surface area contributed by atoms with Gasteiger partial charge >= 0.3 is 0 Å².